The molecule has 0 radical (unpaired) electrons. The van der Waals surface area contributed by atoms with Crippen LogP contribution in [0.5, 0.6) is 5.75 Å². The van der Waals surface area contributed by atoms with E-state index in [0.717, 1.165) is 5.75 Å². The predicted octanol–water partition coefficient (Wildman–Crippen LogP) is 1.40. The molecule has 1 aromatic carbocycles. The number of terminal acetylenes is 1. The minimum atomic E-state index is 0.312. The Morgan fingerprint density at radius 1 is 0.531 bits per heavy atom. The summed E-state index contributed by atoms with van der Waals surface area (Å²) in [5.74, 6) is 3.17. The normalized spacial score (nSPS) is 10.8. The van der Waals surface area contributed by atoms with Gasteiger partial charge in [0.1, 0.15) is 19.0 Å². The highest BCUT2D eigenvalue weighted by atomic mass is 16.6. The quantitative estimate of drug-likeness (QED) is 0.149. The highest BCUT2D eigenvalue weighted by molar-refractivity contribution is 5.41. The number of ether oxygens (including phenoxy) is 8. The van der Waals surface area contributed by atoms with E-state index >= 15 is 0 Å². The Kier molecular flexibility index (Phi) is 19.6. The molecule has 0 aromatic heterocycles. The Morgan fingerprint density at radius 2 is 0.875 bits per heavy atom. The van der Waals surface area contributed by atoms with Crippen molar-refractivity contribution in [1.82, 2.24) is 0 Å². The van der Waals surface area contributed by atoms with E-state index < -0.39 is 0 Å². The molecule has 9 nitrogen and oxygen atoms in total. The van der Waals surface area contributed by atoms with E-state index in [4.69, 9.17) is 50.1 Å². The summed E-state index contributed by atoms with van der Waals surface area (Å²) in [4.78, 5) is 0. The number of benzene rings is 1. The first-order valence-electron chi connectivity index (χ1n) is 10.8. The third kappa shape index (κ3) is 18.8. The fourth-order valence-electron chi connectivity index (χ4n) is 2.23. The predicted molar refractivity (Wildman–Crippen MR) is 121 cm³/mol. The number of nitrogens with two attached hydrogens (primary N) is 1. The Labute approximate surface area is 191 Å². The molecule has 0 saturated carbocycles. The van der Waals surface area contributed by atoms with Crippen molar-refractivity contribution < 1.29 is 37.9 Å². The first kappa shape index (κ1) is 28.1. The van der Waals surface area contributed by atoms with Gasteiger partial charge in [0.15, 0.2) is 0 Å². The zero-order valence-electron chi connectivity index (χ0n) is 18.8. The smallest absolute Gasteiger partial charge is 0.119 e. The highest BCUT2D eigenvalue weighted by Gasteiger charge is 1.96. The molecule has 0 saturated heterocycles. The zero-order valence-corrected chi connectivity index (χ0v) is 18.8. The third-order valence-corrected chi connectivity index (χ3v) is 3.79. The molecule has 0 amide bonds. The number of anilines is 1. The lowest BCUT2D eigenvalue weighted by Crippen LogP contribution is -2.15. The zero-order chi connectivity index (χ0) is 23.0. The summed E-state index contributed by atoms with van der Waals surface area (Å²) in [5, 5.41) is 0. The molecule has 0 aliphatic rings. The lowest BCUT2D eigenvalue weighted by molar-refractivity contribution is -0.0204. The monoisotopic (exact) mass is 455 g/mol. The summed E-state index contributed by atoms with van der Waals surface area (Å²) in [6.07, 6.45) is 5.06. The fourth-order valence-corrected chi connectivity index (χ4v) is 2.23. The summed E-state index contributed by atoms with van der Waals surface area (Å²) in [6, 6.07) is 7.26. The molecule has 0 fully saturated rings. The summed E-state index contributed by atoms with van der Waals surface area (Å²) >= 11 is 0. The first-order valence-corrected chi connectivity index (χ1v) is 10.8. The van der Waals surface area contributed by atoms with Crippen LogP contribution in [0.1, 0.15) is 0 Å². The van der Waals surface area contributed by atoms with E-state index in [1.54, 1.807) is 12.1 Å². The van der Waals surface area contributed by atoms with Crippen LogP contribution in [0.3, 0.4) is 0 Å². The Hall–Kier alpha value is -1.90. The molecule has 9 heteroatoms. The van der Waals surface area contributed by atoms with Crippen LogP contribution in [0.15, 0.2) is 24.3 Å². The molecule has 32 heavy (non-hydrogen) atoms. The van der Waals surface area contributed by atoms with Crippen LogP contribution in [0, 0.1) is 12.3 Å². The molecular formula is C23H37NO8. The van der Waals surface area contributed by atoms with Crippen molar-refractivity contribution in [1.29, 1.82) is 0 Å². The van der Waals surface area contributed by atoms with E-state index in [1.165, 1.54) is 0 Å². The van der Waals surface area contributed by atoms with Gasteiger partial charge in [0.05, 0.1) is 85.9 Å². The fraction of sp³-hybridized carbons (Fsp3) is 0.652. The maximum Gasteiger partial charge on any atom is 0.119 e. The minimum absolute atomic E-state index is 0.312. The molecule has 0 heterocycles. The van der Waals surface area contributed by atoms with E-state index in [2.05, 4.69) is 5.92 Å². The average Bonchev–Trinajstić information content (AvgIpc) is 2.81. The van der Waals surface area contributed by atoms with Gasteiger partial charge in [-0.1, -0.05) is 5.92 Å². The molecule has 182 valence electrons. The third-order valence-electron chi connectivity index (χ3n) is 3.79. The van der Waals surface area contributed by atoms with Gasteiger partial charge >= 0.3 is 0 Å². The Bertz CT molecular complexity index is 564. The minimum Gasteiger partial charge on any atom is -0.491 e. The van der Waals surface area contributed by atoms with Crippen LogP contribution in [0.25, 0.3) is 0 Å². The number of nitrogen functional groups attached to an aromatic ring is 1. The van der Waals surface area contributed by atoms with Gasteiger partial charge in [0.25, 0.3) is 0 Å². The molecule has 0 aliphatic heterocycles. The lowest BCUT2D eigenvalue weighted by atomic mass is 10.3. The van der Waals surface area contributed by atoms with Crippen LogP contribution in [0.4, 0.5) is 5.69 Å². The summed E-state index contributed by atoms with van der Waals surface area (Å²) in [7, 11) is 0. The van der Waals surface area contributed by atoms with E-state index in [9.17, 15) is 0 Å². The van der Waals surface area contributed by atoms with Crippen LogP contribution >= 0.6 is 0 Å². The Morgan fingerprint density at radius 3 is 1.25 bits per heavy atom. The number of hydrogen-bond donors (Lipinski definition) is 1. The van der Waals surface area contributed by atoms with E-state index in [1.807, 2.05) is 12.1 Å². The van der Waals surface area contributed by atoms with Gasteiger partial charge in [-0.3, -0.25) is 0 Å². The van der Waals surface area contributed by atoms with Crippen molar-refractivity contribution in [2.75, 3.05) is 105 Å². The summed E-state index contributed by atoms with van der Waals surface area (Å²) in [6.45, 7) is 7.47. The highest BCUT2D eigenvalue weighted by Crippen LogP contribution is 2.12. The molecule has 1 aromatic rings. The molecule has 2 N–H and O–H groups in total. The number of rotatable bonds is 23. The van der Waals surface area contributed by atoms with Crippen molar-refractivity contribution in [3.8, 4) is 18.1 Å². The van der Waals surface area contributed by atoms with Crippen molar-refractivity contribution in [2.45, 2.75) is 0 Å². The van der Waals surface area contributed by atoms with Gasteiger partial charge in [-0.25, -0.2) is 0 Å². The Balaban J connectivity index is 1.67. The van der Waals surface area contributed by atoms with Gasteiger partial charge < -0.3 is 43.6 Å². The molecule has 0 aliphatic carbocycles. The standard InChI is InChI=1S/C23H37NO8/c1-2-7-25-8-9-26-10-11-27-12-13-28-14-15-29-16-17-30-18-19-31-20-21-32-23-5-3-22(24)4-6-23/h1,3-6H,7-21,24H2. The maximum atomic E-state index is 5.62. The summed E-state index contributed by atoms with van der Waals surface area (Å²) in [5.41, 5.74) is 6.33. The van der Waals surface area contributed by atoms with Crippen molar-refractivity contribution in [2.24, 2.45) is 0 Å². The second kappa shape index (κ2) is 22.3. The van der Waals surface area contributed by atoms with E-state index in [-0.39, 0.29) is 0 Å². The van der Waals surface area contributed by atoms with Gasteiger partial charge in [-0.15, -0.1) is 6.42 Å². The SMILES string of the molecule is C#CCOCCOCCOCCOCCOCCOCCOCCOc1ccc(N)cc1. The van der Waals surface area contributed by atoms with Crippen molar-refractivity contribution >= 4 is 5.69 Å². The van der Waals surface area contributed by atoms with Crippen LogP contribution < -0.4 is 10.5 Å². The van der Waals surface area contributed by atoms with Gasteiger partial charge in [0, 0.05) is 5.69 Å². The van der Waals surface area contributed by atoms with Crippen molar-refractivity contribution in [3.63, 3.8) is 0 Å². The molecule has 0 unspecified atom stereocenters. The molecule has 1 rings (SSSR count). The molecule has 0 bridgehead atoms. The van der Waals surface area contributed by atoms with Gasteiger partial charge in [-0.05, 0) is 24.3 Å². The molecular weight excluding hydrogens is 418 g/mol. The van der Waals surface area contributed by atoms with Crippen LogP contribution in [0.2, 0.25) is 0 Å². The summed E-state index contributed by atoms with van der Waals surface area (Å²) < 4.78 is 43.0. The largest absolute Gasteiger partial charge is 0.491 e. The first-order chi connectivity index (χ1) is 15.8. The average molecular weight is 456 g/mol. The second-order valence-corrected chi connectivity index (χ2v) is 6.35. The topological polar surface area (TPSA) is 99.9 Å². The lowest BCUT2D eigenvalue weighted by Gasteiger charge is -2.09. The van der Waals surface area contributed by atoms with Gasteiger partial charge in [0.2, 0.25) is 0 Å². The maximum absolute atomic E-state index is 5.62. The molecule has 0 atom stereocenters. The van der Waals surface area contributed by atoms with Crippen molar-refractivity contribution in [3.05, 3.63) is 24.3 Å². The van der Waals surface area contributed by atoms with Crippen LogP contribution in [-0.2, 0) is 33.2 Å². The van der Waals surface area contributed by atoms with E-state index in [0.29, 0.717) is 105 Å². The molecule has 0 spiro atoms. The van der Waals surface area contributed by atoms with Crippen LogP contribution in [-0.4, -0.2) is 99.1 Å². The second-order valence-electron chi connectivity index (χ2n) is 6.35. The number of hydrogen-bond acceptors (Lipinski definition) is 9. The van der Waals surface area contributed by atoms with Gasteiger partial charge in [-0.2, -0.15) is 0 Å².